The molecule has 5 nitrogen and oxygen atoms in total. The molecule has 1 atom stereocenters. The molecular weight excluding hydrogens is 316 g/mol. The summed E-state index contributed by atoms with van der Waals surface area (Å²) in [6, 6.07) is 13.6. The van der Waals surface area contributed by atoms with Crippen LogP contribution < -0.4 is 14.8 Å². The summed E-state index contributed by atoms with van der Waals surface area (Å²) in [5, 5.41) is 2.98. The predicted octanol–water partition coefficient (Wildman–Crippen LogP) is 3.01. The third-order valence-electron chi connectivity index (χ3n) is 4.38. The number of carbonyl (C=O) groups is 1. The number of rotatable bonds is 5. The van der Waals surface area contributed by atoms with Gasteiger partial charge in [0.2, 0.25) is 5.91 Å². The van der Waals surface area contributed by atoms with E-state index in [1.54, 1.807) is 0 Å². The summed E-state index contributed by atoms with van der Waals surface area (Å²) in [5.41, 5.74) is 3.13. The maximum Gasteiger partial charge on any atom is 0.238 e. The summed E-state index contributed by atoms with van der Waals surface area (Å²) in [6.45, 7) is 5.46. The largest absolute Gasteiger partial charge is 0.486 e. The van der Waals surface area contributed by atoms with Crippen molar-refractivity contribution in [2.24, 2.45) is 0 Å². The van der Waals surface area contributed by atoms with Crippen LogP contribution in [0.25, 0.3) is 0 Å². The second-order valence-electron chi connectivity index (χ2n) is 6.49. The number of ether oxygens (including phenoxy) is 2. The monoisotopic (exact) mass is 340 g/mol. The summed E-state index contributed by atoms with van der Waals surface area (Å²) in [6.07, 6.45) is -0.0894. The molecule has 2 aromatic rings. The Morgan fingerprint density at radius 2 is 1.92 bits per heavy atom. The lowest BCUT2D eigenvalue weighted by atomic mass is 10.1. The maximum absolute atomic E-state index is 12.3. The van der Waals surface area contributed by atoms with Gasteiger partial charge in [0.15, 0.2) is 11.5 Å². The zero-order chi connectivity index (χ0) is 17.8. The first kappa shape index (κ1) is 17.3. The van der Waals surface area contributed by atoms with E-state index in [2.05, 4.69) is 5.32 Å². The molecule has 132 valence electrons. The minimum absolute atomic E-state index is 0.0340. The van der Waals surface area contributed by atoms with Crippen molar-refractivity contribution in [2.75, 3.05) is 32.1 Å². The minimum atomic E-state index is -0.0894. The van der Waals surface area contributed by atoms with Gasteiger partial charge in [0, 0.05) is 12.2 Å². The van der Waals surface area contributed by atoms with E-state index >= 15 is 0 Å². The molecular formula is C20H24N2O3. The smallest absolute Gasteiger partial charge is 0.238 e. The highest BCUT2D eigenvalue weighted by molar-refractivity contribution is 5.93. The van der Waals surface area contributed by atoms with Crippen molar-refractivity contribution in [3.8, 4) is 11.5 Å². The van der Waals surface area contributed by atoms with Gasteiger partial charge in [-0.3, -0.25) is 9.69 Å². The van der Waals surface area contributed by atoms with E-state index in [1.807, 2.05) is 68.3 Å². The van der Waals surface area contributed by atoms with E-state index in [9.17, 15) is 4.79 Å². The number of nitrogens with zero attached hydrogens (tertiary/aromatic N) is 1. The second-order valence-corrected chi connectivity index (χ2v) is 6.49. The number of nitrogens with one attached hydrogen (secondary N) is 1. The molecule has 1 amide bonds. The van der Waals surface area contributed by atoms with Gasteiger partial charge in [0.25, 0.3) is 0 Å². The second kappa shape index (κ2) is 7.57. The Labute approximate surface area is 148 Å². The molecule has 1 aliphatic rings. The maximum atomic E-state index is 12.3. The first-order valence-corrected chi connectivity index (χ1v) is 8.46. The van der Waals surface area contributed by atoms with Crippen LogP contribution in [0.4, 0.5) is 5.69 Å². The molecule has 0 spiro atoms. The Morgan fingerprint density at radius 3 is 2.72 bits per heavy atom. The number of anilines is 1. The number of carbonyl (C=O) groups excluding carboxylic acids is 1. The SMILES string of the molecule is Cc1cccc(NC(=O)CN(C)CC2COc3ccccc3O2)c1C. The van der Waals surface area contributed by atoms with Crippen molar-refractivity contribution in [1.82, 2.24) is 4.90 Å². The van der Waals surface area contributed by atoms with Crippen molar-refractivity contribution in [2.45, 2.75) is 20.0 Å². The summed E-state index contributed by atoms with van der Waals surface area (Å²) in [5.74, 6) is 1.49. The Hall–Kier alpha value is -2.53. The molecule has 0 radical (unpaired) electrons. The number of para-hydroxylation sites is 2. The van der Waals surface area contributed by atoms with Crippen molar-refractivity contribution in [3.05, 3.63) is 53.6 Å². The molecule has 0 fully saturated rings. The fourth-order valence-electron chi connectivity index (χ4n) is 2.89. The molecule has 2 aromatic carbocycles. The molecule has 0 saturated carbocycles. The van der Waals surface area contributed by atoms with Gasteiger partial charge in [-0.2, -0.15) is 0 Å². The zero-order valence-electron chi connectivity index (χ0n) is 14.9. The molecule has 5 heteroatoms. The number of likely N-dealkylation sites (N-methyl/N-ethyl adjacent to an activating group) is 1. The van der Waals surface area contributed by atoms with Gasteiger partial charge in [-0.25, -0.2) is 0 Å². The molecule has 1 unspecified atom stereocenters. The van der Waals surface area contributed by atoms with E-state index in [1.165, 1.54) is 0 Å². The Balaban J connectivity index is 1.52. The number of hydrogen-bond donors (Lipinski definition) is 1. The molecule has 1 heterocycles. The Morgan fingerprint density at radius 1 is 1.16 bits per heavy atom. The van der Waals surface area contributed by atoms with Crippen molar-refractivity contribution >= 4 is 11.6 Å². The average molecular weight is 340 g/mol. The number of amides is 1. The quantitative estimate of drug-likeness (QED) is 0.909. The molecule has 25 heavy (non-hydrogen) atoms. The van der Waals surface area contributed by atoms with E-state index in [0.717, 1.165) is 28.3 Å². The number of hydrogen-bond acceptors (Lipinski definition) is 4. The van der Waals surface area contributed by atoms with Crippen molar-refractivity contribution in [3.63, 3.8) is 0 Å². The van der Waals surface area contributed by atoms with Crippen LogP contribution in [0.2, 0.25) is 0 Å². The van der Waals surface area contributed by atoms with Gasteiger partial charge in [-0.1, -0.05) is 24.3 Å². The summed E-state index contributed by atoms with van der Waals surface area (Å²) >= 11 is 0. The van der Waals surface area contributed by atoms with Gasteiger partial charge >= 0.3 is 0 Å². The lowest BCUT2D eigenvalue weighted by Gasteiger charge is -2.29. The molecule has 0 aliphatic carbocycles. The molecule has 0 aromatic heterocycles. The fraction of sp³-hybridized carbons (Fsp3) is 0.350. The first-order valence-electron chi connectivity index (χ1n) is 8.46. The van der Waals surface area contributed by atoms with Gasteiger partial charge in [-0.05, 0) is 50.2 Å². The van der Waals surface area contributed by atoms with Crippen LogP contribution in [0.15, 0.2) is 42.5 Å². The van der Waals surface area contributed by atoms with Crippen molar-refractivity contribution in [1.29, 1.82) is 0 Å². The van der Waals surface area contributed by atoms with E-state index in [0.29, 0.717) is 19.7 Å². The Bertz CT molecular complexity index is 760. The third-order valence-corrected chi connectivity index (χ3v) is 4.38. The van der Waals surface area contributed by atoms with Crippen LogP contribution in [0.1, 0.15) is 11.1 Å². The molecule has 0 bridgehead atoms. The third kappa shape index (κ3) is 4.31. The number of fused-ring (bicyclic) bond motifs is 1. The highest BCUT2D eigenvalue weighted by Gasteiger charge is 2.22. The topological polar surface area (TPSA) is 50.8 Å². The van der Waals surface area contributed by atoms with Crippen LogP contribution in [-0.2, 0) is 4.79 Å². The highest BCUT2D eigenvalue weighted by Crippen LogP contribution is 2.30. The van der Waals surface area contributed by atoms with Crippen LogP contribution >= 0.6 is 0 Å². The predicted molar refractivity (Wildman–Crippen MR) is 98.4 cm³/mol. The lowest BCUT2D eigenvalue weighted by Crippen LogP contribution is -2.42. The first-order chi connectivity index (χ1) is 12.0. The summed E-state index contributed by atoms with van der Waals surface area (Å²) in [4.78, 5) is 14.2. The van der Waals surface area contributed by atoms with E-state index in [-0.39, 0.29) is 12.0 Å². The average Bonchev–Trinajstić information content (AvgIpc) is 2.58. The van der Waals surface area contributed by atoms with Crippen LogP contribution in [0.5, 0.6) is 11.5 Å². The van der Waals surface area contributed by atoms with Crippen LogP contribution in [0, 0.1) is 13.8 Å². The number of benzene rings is 2. The number of aryl methyl sites for hydroxylation is 1. The Kier molecular flexibility index (Phi) is 5.24. The highest BCUT2D eigenvalue weighted by atomic mass is 16.6. The molecule has 1 aliphatic heterocycles. The minimum Gasteiger partial charge on any atom is -0.486 e. The normalized spacial score (nSPS) is 15.9. The van der Waals surface area contributed by atoms with Gasteiger partial charge in [0.05, 0.1) is 6.54 Å². The van der Waals surface area contributed by atoms with E-state index < -0.39 is 0 Å². The summed E-state index contributed by atoms with van der Waals surface area (Å²) < 4.78 is 11.7. The van der Waals surface area contributed by atoms with Gasteiger partial charge < -0.3 is 14.8 Å². The van der Waals surface area contributed by atoms with Crippen molar-refractivity contribution < 1.29 is 14.3 Å². The van der Waals surface area contributed by atoms with Gasteiger partial charge in [-0.15, -0.1) is 0 Å². The van der Waals surface area contributed by atoms with Crippen LogP contribution in [0.3, 0.4) is 0 Å². The molecule has 0 saturated heterocycles. The van der Waals surface area contributed by atoms with E-state index in [4.69, 9.17) is 9.47 Å². The molecule has 1 N–H and O–H groups in total. The lowest BCUT2D eigenvalue weighted by molar-refractivity contribution is -0.117. The van der Waals surface area contributed by atoms with Crippen LogP contribution in [-0.4, -0.2) is 43.7 Å². The standard InChI is InChI=1S/C20H24N2O3/c1-14-7-6-8-17(15(14)2)21-20(23)12-22(3)11-16-13-24-18-9-4-5-10-19(18)25-16/h4-10,16H,11-13H2,1-3H3,(H,21,23). The fourth-order valence-corrected chi connectivity index (χ4v) is 2.89. The zero-order valence-corrected chi connectivity index (χ0v) is 14.9. The summed E-state index contributed by atoms with van der Waals surface area (Å²) in [7, 11) is 1.91. The van der Waals surface area contributed by atoms with Gasteiger partial charge in [0.1, 0.15) is 12.7 Å². The molecule has 3 rings (SSSR count).